The molecule has 1 heterocycles. The van der Waals surface area contributed by atoms with Gasteiger partial charge in [-0.15, -0.1) is 0 Å². The summed E-state index contributed by atoms with van der Waals surface area (Å²) >= 11 is 1.33. The molecule has 0 radical (unpaired) electrons. The van der Waals surface area contributed by atoms with Crippen LogP contribution in [-0.2, 0) is 9.59 Å². The molecule has 160 valence electrons. The molecule has 3 rings (SSSR count). The predicted octanol–water partition coefficient (Wildman–Crippen LogP) is 5.47. The van der Waals surface area contributed by atoms with Gasteiger partial charge in [0.2, 0.25) is 5.91 Å². The topological polar surface area (TPSA) is 63.2 Å². The van der Waals surface area contributed by atoms with Crippen molar-refractivity contribution in [2.75, 3.05) is 5.32 Å². The SMILES string of the molecule is CC(C)C(=O)C(C(=O)Nc1cccc(F)c1)C(C(=O)c1ccc(F)cc1)c1ccsc1. The highest BCUT2D eigenvalue weighted by molar-refractivity contribution is 7.08. The summed E-state index contributed by atoms with van der Waals surface area (Å²) in [5.41, 5.74) is 0.898. The number of benzene rings is 2. The Balaban J connectivity index is 2.05. The van der Waals surface area contributed by atoms with Crippen LogP contribution in [0.25, 0.3) is 0 Å². The summed E-state index contributed by atoms with van der Waals surface area (Å²) in [5, 5.41) is 6.03. The van der Waals surface area contributed by atoms with E-state index in [9.17, 15) is 23.2 Å². The molecule has 7 heteroatoms. The van der Waals surface area contributed by atoms with Crippen LogP contribution in [0.1, 0.15) is 35.7 Å². The van der Waals surface area contributed by atoms with Gasteiger partial charge in [-0.1, -0.05) is 19.9 Å². The summed E-state index contributed by atoms with van der Waals surface area (Å²) in [7, 11) is 0. The van der Waals surface area contributed by atoms with E-state index < -0.39 is 46.9 Å². The average molecular weight is 441 g/mol. The van der Waals surface area contributed by atoms with Gasteiger partial charge in [0.05, 0.1) is 5.92 Å². The zero-order valence-electron chi connectivity index (χ0n) is 17.0. The lowest BCUT2D eigenvalue weighted by Crippen LogP contribution is -2.39. The predicted molar refractivity (Wildman–Crippen MR) is 116 cm³/mol. The molecule has 0 fully saturated rings. The number of anilines is 1. The Kier molecular flexibility index (Phi) is 7.07. The number of ketones is 2. The van der Waals surface area contributed by atoms with Crippen molar-refractivity contribution >= 4 is 34.5 Å². The van der Waals surface area contributed by atoms with Crippen LogP contribution in [0, 0.1) is 23.5 Å². The molecule has 1 amide bonds. The quantitative estimate of drug-likeness (QED) is 0.372. The van der Waals surface area contributed by atoms with Crippen LogP contribution in [0.15, 0.2) is 65.4 Å². The van der Waals surface area contributed by atoms with Crippen molar-refractivity contribution in [2.45, 2.75) is 19.8 Å². The first-order valence-electron chi connectivity index (χ1n) is 9.70. The monoisotopic (exact) mass is 441 g/mol. The van der Waals surface area contributed by atoms with Crippen molar-refractivity contribution in [1.82, 2.24) is 0 Å². The summed E-state index contributed by atoms with van der Waals surface area (Å²) in [6.07, 6.45) is 0. The fourth-order valence-corrected chi connectivity index (χ4v) is 4.03. The van der Waals surface area contributed by atoms with Gasteiger partial charge in [-0.05, 0) is 64.9 Å². The van der Waals surface area contributed by atoms with Crippen molar-refractivity contribution in [3.8, 4) is 0 Å². The minimum Gasteiger partial charge on any atom is -0.325 e. The molecule has 0 aliphatic carbocycles. The van der Waals surface area contributed by atoms with E-state index in [2.05, 4.69) is 5.32 Å². The molecule has 31 heavy (non-hydrogen) atoms. The number of rotatable bonds is 8. The van der Waals surface area contributed by atoms with Crippen LogP contribution in [0.4, 0.5) is 14.5 Å². The molecule has 2 aromatic carbocycles. The summed E-state index contributed by atoms with van der Waals surface area (Å²) in [6.45, 7) is 3.30. The van der Waals surface area contributed by atoms with Crippen LogP contribution in [0.5, 0.6) is 0 Å². The van der Waals surface area contributed by atoms with E-state index in [0.29, 0.717) is 5.56 Å². The van der Waals surface area contributed by atoms with E-state index in [-0.39, 0.29) is 11.3 Å². The molecule has 1 aromatic heterocycles. The van der Waals surface area contributed by atoms with E-state index in [1.807, 2.05) is 0 Å². The first kappa shape index (κ1) is 22.5. The maximum Gasteiger partial charge on any atom is 0.236 e. The standard InChI is InChI=1S/C24H21F2NO3S/c1-14(2)22(28)21(24(30)27-19-5-3-4-18(26)12-19)20(16-10-11-31-13-16)23(29)15-6-8-17(25)9-7-15/h3-14,20-21H,1-2H3,(H,27,30). The second-order valence-corrected chi connectivity index (χ2v) is 8.22. The molecule has 1 N–H and O–H groups in total. The Bertz CT molecular complexity index is 1080. The van der Waals surface area contributed by atoms with Crippen LogP contribution >= 0.6 is 11.3 Å². The molecule has 0 aliphatic heterocycles. The van der Waals surface area contributed by atoms with Gasteiger partial charge < -0.3 is 5.32 Å². The van der Waals surface area contributed by atoms with Gasteiger partial charge >= 0.3 is 0 Å². The molecule has 0 spiro atoms. The molecule has 2 atom stereocenters. The molecule has 3 aromatic rings. The molecule has 4 nitrogen and oxygen atoms in total. The van der Waals surface area contributed by atoms with Gasteiger partial charge in [0.1, 0.15) is 23.3 Å². The molecule has 2 unspecified atom stereocenters. The molecule has 0 bridgehead atoms. The minimum absolute atomic E-state index is 0.185. The number of hydrogen-bond acceptors (Lipinski definition) is 4. The first-order chi connectivity index (χ1) is 14.8. The summed E-state index contributed by atoms with van der Waals surface area (Å²) in [6, 6.07) is 12.0. The second-order valence-electron chi connectivity index (χ2n) is 7.44. The van der Waals surface area contributed by atoms with Crippen molar-refractivity contribution in [1.29, 1.82) is 0 Å². The Labute approximate surface area is 182 Å². The number of carbonyl (C=O) groups excluding carboxylic acids is 3. The van der Waals surface area contributed by atoms with Gasteiger partial charge in [0.15, 0.2) is 5.78 Å². The van der Waals surface area contributed by atoms with E-state index >= 15 is 0 Å². The molecule has 0 aliphatic rings. The number of amides is 1. The van der Waals surface area contributed by atoms with Gasteiger partial charge in [-0.3, -0.25) is 14.4 Å². The Morgan fingerprint density at radius 1 is 0.935 bits per heavy atom. The number of hydrogen-bond donors (Lipinski definition) is 1. The van der Waals surface area contributed by atoms with E-state index in [1.165, 1.54) is 41.7 Å². The lowest BCUT2D eigenvalue weighted by Gasteiger charge is -2.25. The molecule has 0 saturated carbocycles. The fourth-order valence-electron chi connectivity index (χ4n) is 3.33. The highest BCUT2D eigenvalue weighted by Crippen LogP contribution is 2.34. The summed E-state index contributed by atoms with van der Waals surface area (Å²) < 4.78 is 26.9. The largest absolute Gasteiger partial charge is 0.325 e. The van der Waals surface area contributed by atoms with Gasteiger partial charge in [0, 0.05) is 17.2 Å². The lowest BCUT2D eigenvalue weighted by molar-refractivity contribution is -0.133. The fraction of sp³-hybridized carbons (Fsp3) is 0.208. The van der Waals surface area contributed by atoms with E-state index in [1.54, 1.807) is 30.7 Å². The zero-order valence-corrected chi connectivity index (χ0v) is 17.8. The molecule has 0 saturated heterocycles. The molecular formula is C24H21F2NO3S. The maximum atomic E-state index is 13.6. The van der Waals surface area contributed by atoms with Gasteiger partial charge in [0.25, 0.3) is 0 Å². The van der Waals surface area contributed by atoms with Gasteiger partial charge in [-0.25, -0.2) is 8.78 Å². The van der Waals surface area contributed by atoms with E-state index in [0.717, 1.165) is 18.2 Å². The zero-order chi connectivity index (χ0) is 22.5. The number of carbonyl (C=O) groups is 3. The Morgan fingerprint density at radius 2 is 1.65 bits per heavy atom. The first-order valence-corrected chi connectivity index (χ1v) is 10.6. The van der Waals surface area contributed by atoms with Crippen LogP contribution in [0.3, 0.4) is 0 Å². The lowest BCUT2D eigenvalue weighted by atomic mass is 9.76. The number of Topliss-reactive ketones (excluding diaryl/α,β-unsaturated/α-hetero) is 2. The van der Waals surface area contributed by atoms with Crippen molar-refractivity contribution in [2.24, 2.45) is 11.8 Å². The molecular weight excluding hydrogens is 420 g/mol. The summed E-state index contributed by atoms with van der Waals surface area (Å²) in [5.74, 6) is -5.58. The van der Waals surface area contributed by atoms with Gasteiger partial charge in [-0.2, -0.15) is 11.3 Å². The smallest absolute Gasteiger partial charge is 0.236 e. The highest BCUT2D eigenvalue weighted by Gasteiger charge is 2.41. The number of thiophene rings is 1. The Morgan fingerprint density at radius 3 is 2.23 bits per heavy atom. The van der Waals surface area contributed by atoms with Crippen molar-refractivity contribution in [3.05, 3.63) is 88.1 Å². The van der Waals surface area contributed by atoms with Crippen LogP contribution in [0.2, 0.25) is 0 Å². The van der Waals surface area contributed by atoms with Crippen molar-refractivity contribution in [3.63, 3.8) is 0 Å². The third kappa shape index (κ3) is 5.30. The Hall–Kier alpha value is -3.19. The highest BCUT2D eigenvalue weighted by atomic mass is 32.1. The van der Waals surface area contributed by atoms with Crippen LogP contribution < -0.4 is 5.32 Å². The average Bonchev–Trinajstić information content (AvgIpc) is 3.25. The third-order valence-corrected chi connectivity index (χ3v) is 5.60. The summed E-state index contributed by atoms with van der Waals surface area (Å²) in [4.78, 5) is 39.8. The maximum absolute atomic E-state index is 13.6. The number of halogens is 2. The van der Waals surface area contributed by atoms with E-state index in [4.69, 9.17) is 0 Å². The van der Waals surface area contributed by atoms with Crippen molar-refractivity contribution < 1.29 is 23.2 Å². The second kappa shape index (κ2) is 9.75. The third-order valence-electron chi connectivity index (χ3n) is 4.90. The van der Waals surface area contributed by atoms with Crippen LogP contribution in [-0.4, -0.2) is 17.5 Å². The minimum atomic E-state index is -1.34. The number of nitrogens with one attached hydrogen (secondary N) is 1. The normalized spacial score (nSPS) is 12.9.